The molecule has 4 aromatic rings. The number of halogens is 1. The summed E-state index contributed by atoms with van der Waals surface area (Å²) in [6, 6.07) is 21.2. The van der Waals surface area contributed by atoms with Crippen LogP contribution in [0.4, 0.5) is 0 Å². The van der Waals surface area contributed by atoms with Crippen molar-refractivity contribution in [1.29, 1.82) is 0 Å². The smallest absolute Gasteiger partial charge is 0.225 e. The lowest BCUT2D eigenvalue weighted by Gasteiger charge is -2.18. The van der Waals surface area contributed by atoms with Crippen molar-refractivity contribution in [2.75, 3.05) is 0 Å². The van der Waals surface area contributed by atoms with Gasteiger partial charge >= 0.3 is 0 Å². The number of nitrogens with zero attached hydrogens (tertiary/aromatic N) is 1. The quantitative estimate of drug-likeness (QED) is 0.494. The molecule has 1 atom stereocenters. The molecule has 4 rings (SSSR count). The van der Waals surface area contributed by atoms with Crippen molar-refractivity contribution in [3.05, 3.63) is 99.3 Å². The number of aromatic nitrogens is 1. The summed E-state index contributed by atoms with van der Waals surface area (Å²) in [6.07, 6.45) is 2.04. The Morgan fingerprint density at radius 1 is 1.04 bits per heavy atom. The minimum atomic E-state index is -0.197. The van der Waals surface area contributed by atoms with E-state index in [1.165, 1.54) is 0 Å². The molecular weight excluding hydrogens is 376 g/mol. The Bertz CT molecular complexity index is 1060. The Kier molecular flexibility index (Phi) is 5.19. The zero-order valence-corrected chi connectivity index (χ0v) is 16.0. The first-order chi connectivity index (χ1) is 13.2. The van der Waals surface area contributed by atoms with Crippen LogP contribution in [0.3, 0.4) is 0 Å². The summed E-state index contributed by atoms with van der Waals surface area (Å²) in [7, 11) is 0. The SMILES string of the molecule is O=C(Cc1cccc2cccnc12)NC(c1ccc(Cl)cc1)c1cccs1. The van der Waals surface area contributed by atoms with Crippen molar-refractivity contribution >= 4 is 39.7 Å². The van der Waals surface area contributed by atoms with Crippen molar-refractivity contribution in [2.45, 2.75) is 12.5 Å². The normalized spacial score (nSPS) is 12.0. The summed E-state index contributed by atoms with van der Waals surface area (Å²) < 4.78 is 0. The molecule has 2 aromatic heterocycles. The fourth-order valence-corrected chi connectivity index (χ4v) is 4.05. The Morgan fingerprint density at radius 3 is 2.63 bits per heavy atom. The van der Waals surface area contributed by atoms with Gasteiger partial charge in [-0.05, 0) is 40.8 Å². The van der Waals surface area contributed by atoms with Crippen molar-refractivity contribution in [3.8, 4) is 0 Å². The highest BCUT2D eigenvalue weighted by molar-refractivity contribution is 7.10. The number of para-hydroxylation sites is 1. The maximum absolute atomic E-state index is 12.8. The standard InChI is InChI=1S/C22H17ClN2OS/c23-18-10-8-16(9-11-18)22(19-7-3-13-27-19)25-20(26)14-17-5-1-4-15-6-2-12-24-21(15)17/h1-13,22H,14H2,(H,25,26). The van der Waals surface area contributed by atoms with Gasteiger partial charge in [0, 0.05) is 21.5 Å². The third-order valence-electron chi connectivity index (χ3n) is 4.40. The van der Waals surface area contributed by atoms with Gasteiger partial charge in [0.05, 0.1) is 18.0 Å². The summed E-state index contributed by atoms with van der Waals surface area (Å²) in [4.78, 5) is 18.4. The van der Waals surface area contributed by atoms with Crippen LogP contribution in [0.5, 0.6) is 0 Å². The molecule has 0 radical (unpaired) electrons. The lowest BCUT2D eigenvalue weighted by molar-refractivity contribution is -0.120. The van der Waals surface area contributed by atoms with Gasteiger partial charge in [0.1, 0.15) is 0 Å². The van der Waals surface area contributed by atoms with Gasteiger partial charge in [-0.1, -0.05) is 54.1 Å². The highest BCUT2D eigenvalue weighted by Gasteiger charge is 2.18. The van der Waals surface area contributed by atoms with Gasteiger partial charge in [-0.2, -0.15) is 0 Å². The molecule has 0 saturated heterocycles. The summed E-state index contributed by atoms with van der Waals surface area (Å²) in [5.74, 6) is -0.0403. The van der Waals surface area contributed by atoms with Crippen molar-refractivity contribution < 1.29 is 4.79 Å². The maximum atomic E-state index is 12.8. The molecule has 2 aromatic carbocycles. The molecule has 0 aliphatic heterocycles. The number of pyridine rings is 1. The van der Waals surface area contributed by atoms with E-state index in [0.29, 0.717) is 5.02 Å². The van der Waals surface area contributed by atoms with Gasteiger partial charge in [0.15, 0.2) is 0 Å². The Hall–Kier alpha value is -2.69. The zero-order chi connectivity index (χ0) is 18.6. The largest absolute Gasteiger partial charge is 0.344 e. The molecule has 2 heterocycles. The van der Waals surface area contributed by atoms with Gasteiger partial charge in [-0.25, -0.2) is 0 Å². The number of carbonyl (C=O) groups excluding carboxylic acids is 1. The van der Waals surface area contributed by atoms with Crippen LogP contribution in [0, 0.1) is 0 Å². The highest BCUT2D eigenvalue weighted by Crippen LogP contribution is 2.27. The molecule has 0 fully saturated rings. The van der Waals surface area contributed by atoms with Crippen LogP contribution in [-0.4, -0.2) is 10.9 Å². The van der Waals surface area contributed by atoms with Gasteiger partial charge in [0.25, 0.3) is 0 Å². The van der Waals surface area contributed by atoms with Crippen LogP contribution >= 0.6 is 22.9 Å². The third kappa shape index (κ3) is 4.02. The van der Waals surface area contributed by atoms with E-state index < -0.39 is 0 Å². The molecule has 0 saturated carbocycles. The first kappa shape index (κ1) is 17.7. The molecule has 3 nitrogen and oxygen atoms in total. The molecule has 0 spiro atoms. The van der Waals surface area contributed by atoms with Gasteiger partial charge in [0.2, 0.25) is 5.91 Å². The average molecular weight is 393 g/mol. The molecule has 27 heavy (non-hydrogen) atoms. The number of hydrogen-bond donors (Lipinski definition) is 1. The molecule has 1 unspecified atom stereocenters. The molecule has 0 aliphatic carbocycles. The lowest BCUT2D eigenvalue weighted by atomic mass is 10.0. The van der Waals surface area contributed by atoms with Crippen molar-refractivity contribution in [3.63, 3.8) is 0 Å². The number of rotatable bonds is 5. The van der Waals surface area contributed by atoms with Crippen molar-refractivity contribution in [1.82, 2.24) is 10.3 Å². The number of fused-ring (bicyclic) bond motifs is 1. The number of amides is 1. The summed E-state index contributed by atoms with van der Waals surface area (Å²) >= 11 is 7.64. The predicted molar refractivity (Wildman–Crippen MR) is 111 cm³/mol. The third-order valence-corrected chi connectivity index (χ3v) is 5.59. The van der Waals surface area contributed by atoms with Crippen LogP contribution in [0.1, 0.15) is 22.0 Å². The second-order valence-corrected chi connectivity index (χ2v) is 7.65. The number of nitrogens with one attached hydrogen (secondary N) is 1. The number of benzene rings is 2. The lowest BCUT2D eigenvalue weighted by Crippen LogP contribution is -2.30. The minimum Gasteiger partial charge on any atom is -0.344 e. The van der Waals surface area contributed by atoms with Crippen LogP contribution in [0.25, 0.3) is 10.9 Å². The van der Waals surface area contributed by atoms with E-state index in [2.05, 4.69) is 10.3 Å². The van der Waals surface area contributed by atoms with Crippen LogP contribution in [0.15, 0.2) is 78.3 Å². The first-order valence-corrected chi connectivity index (χ1v) is 9.87. The number of thiophene rings is 1. The monoisotopic (exact) mass is 392 g/mol. The first-order valence-electron chi connectivity index (χ1n) is 8.61. The van der Waals surface area contributed by atoms with Crippen molar-refractivity contribution in [2.24, 2.45) is 0 Å². The highest BCUT2D eigenvalue weighted by atomic mass is 35.5. The Morgan fingerprint density at radius 2 is 1.85 bits per heavy atom. The molecule has 1 N–H and O–H groups in total. The van der Waals surface area contributed by atoms with E-state index in [1.807, 2.05) is 72.1 Å². The summed E-state index contributed by atoms with van der Waals surface area (Å²) in [6.45, 7) is 0. The molecular formula is C22H17ClN2OS. The maximum Gasteiger partial charge on any atom is 0.225 e. The van der Waals surface area contributed by atoms with E-state index >= 15 is 0 Å². The summed E-state index contributed by atoms with van der Waals surface area (Å²) in [5.41, 5.74) is 2.80. The fraction of sp³-hybridized carbons (Fsp3) is 0.0909. The van der Waals surface area contributed by atoms with Gasteiger partial charge in [-0.3, -0.25) is 9.78 Å². The van der Waals surface area contributed by atoms with E-state index in [4.69, 9.17) is 11.6 Å². The number of carbonyl (C=O) groups is 1. The second kappa shape index (κ2) is 7.91. The molecule has 5 heteroatoms. The Labute approximate surface area is 166 Å². The second-order valence-electron chi connectivity index (χ2n) is 6.24. The molecule has 0 bridgehead atoms. The van der Waals surface area contributed by atoms with E-state index in [-0.39, 0.29) is 18.4 Å². The average Bonchev–Trinajstić information content (AvgIpc) is 3.22. The Balaban J connectivity index is 1.59. The van der Waals surface area contributed by atoms with Gasteiger partial charge < -0.3 is 5.32 Å². The van der Waals surface area contributed by atoms with Gasteiger partial charge in [-0.15, -0.1) is 11.3 Å². The van der Waals surface area contributed by atoms with E-state index in [9.17, 15) is 4.79 Å². The van der Waals surface area contributed by atoms with Crippen LogP contribution in [-0.2, 0) is 11.2 Å². The van der Waals surface area contributed by atoms with Crippen LogP contribution in [0.2, 0.25) is 5.02 Å². The topological polar surface area (TPSA) is 42.0 Å². The summed E-state index contributed by atoms with van der Waals surface area (Å²) in [5, 5.41) is 6.90. The predicted octanol–water partition coefficient (Wildman–Crippen LogP) is 5.40. The molecule has 1 amide bonds. The van der Waals surface area contributed by atoms with Crippen LogP contribution < -0.4 is 5.32 Å². The molecule has 0 aliphatic rings. The molecule has 134 valence electrons. The minimum absolute atomic E-state index is 0.0403. The fourth-order valence-electron chi connectivity index (χ4n) is 3.12. The number of hydrogen-bond acceptors (Lipinski definition) is 3. The van der Waals surface area contributed by atoms with E-state index in [0.717, 1.165) is 26.9 Å². The zero-order valence-electron chi connectivity index (χ0n) is 14.4. The van der Waals surface area contributed by atoms with E-state index in [1.54, 1.807) is 17.5 Å².